The lowest BCUT2D eigenvalue weighted by Gasteiger charge is -2.21. The van der Waals surface area contributed by atoms with Crippen molar-refractivity contribution >= 4 is 23.6 Å². The lowest BCUT2D eigenvalue weighted by molar-refractivity contribution is -0.124. The Balaban J connectivity index is 1.37. The maximum Gasteiger partial charge on any atom is 0.413 e. The van der Waals surface area contributed by atoms with Crippen LogP contribution in [-0.4, -0.2) is 27.5 Å². The first-order valence-electron chi connectivity index (χ1n) is 10.1. The maximum absolute atomic E-state index is 14.8. The van der Waals surface area contributed by atoms with E-state index in [9.17, 15) is 14.0 Å². The molecule has 33 heavy (non-hydrogen) atoms. The van der Waals surface area contributed by atoms with Gasteiger partial charge in [0.1, 0.15) is 29.2 Å². The fourth-order valence-corrected chi connectivity index (χ4v) is 3.36. The first kappa shape index (κ1) is 22.5. The number of hydrogen-bond acceptors (Lipinski definition) is 6. The third-order valence-corrected chi connectivity index (χ3v) is 5.44. The van der Waals surface area contributed by atoms with Crippen LogP contribution in [0.1, 0.15) is 31.4 Å². The van der Waals surface area contributed by atoms with Gasteiger partial charge in [0.2, 0.25) is 5.91 Å². The van der Waals surface area contributed by atoms with Crippen molar-refractivity contribution in [3.05, 3.63) is 77.6 Å². The van der Waals surface area contributed by atoms with Gasteiger partial charge >= 0.3 is 6.09 Å². The van der Waals surface area contributed by atoms with Gasteiger partial charge in [-0.3, -0.25) is 4.79 Å². The number of aromatic nitrogens is 2. The Morgan fingerprint density at radius 2 is 1.85 bits per heavy atom. The fraction of sp³-hybridized carbons (Fsp3) is 0.217. The van der Waals surface area contributed by atoms with E-state index in [1.807, 2.05) is 0 Å². The van der Waals surface area contributed by atoms with Crippen molar-refractivity contribution in [2.45, 2.75) is 31.3 Å². The molecule has 1 aliphatic carbocycles. The number of hydrogen-bond donors (Lipinski definition) is 2. The third-order valence-electron chi connectivity index (χ3n) is 5.12. The van der Waals surface area contributed by atoms with Crippen molar-refractivity contribution in [2.75, 3.05) is 0 Å². The van der Waals surface area contributed by atoms with Crippen LogP contribution < -0.4 is 20.1 Å². The summed E-state index contributed by atoms with van der Waals surface area (Å²) in [6.45, 7) is 1.65. The Hall–Kier alpha value is -3.72. The van der Waals surface area contributed by atoms with Crippen LogP contribution >= 0.6 is 11.6 Å². The summed E-state index contributed by atoms with van der Waals surface area (Å²) in [6.07, 6.45) is 4.05. The minimum atomic E-state index is -1.09. The minimum absolute atomic E-state index is 0.153. The third kappa shape index (κ3) is 5.38. The Kier molecular flexibility index (Phi) is 6.41. The van der Waals surface area contributed by atoms with Crippen molar-refractivity contribution in [1.82, 2.24) is 20.6 Å². The quantitative estimate of drug-likeness (QED) is 0.524. The SMILES string of the molecule is CC(NC(=O)C1(NC(=O)Oc2cncnc2)CC1)c1ccc(Oc2ccccc2Cl)cc1F. The molecule has 1 fully saturated rings. The number of carbonyl (C=O) groups excluding carboxylic acids is 2. The molecular weight excluding hydrogens is 451 g/mol. The molecule has 2 N–H and O–H groups in total. The zero-order valence-electron chi connectivity index (χ0n) is 17.5. The highest BCUT2D eigenvalue weighted by Crippen LogP contribution is 2.37. The van der Waals surface area contributed by atoms with Gasteiger partial charge in [-0.1, -0.05) is 29.8 Å². The molecule has 170 valence electrons. The van der Waals surface area contributed by atoms with Crippen molar-refractivity contribution in [3.8, 4) is 17.2 Å². The molecule has 1 atom stereocenters. The predicted octanol–water partition coefficient (Wildman–Crippen LogP) is 4.56. The summed E-state index contributed by atoms with van der Waals surface area (Å²) in [5.74, 6) is -0.138. The highest BCUT2D eigenvalue weighted by molar-refractivity contribution is 6.32. The summed E-state index contributed by atoms with van der Waals surface area (Å²) in [4.78, 5) is 32.4. The van der Waals surface area contributed by atoms with E-state index in [0.717, 1.165) is 0 Å². The van der Waals surface area contributed by atoms with Crippen molar-refractivity contribution in [1.29, 1.82) is 0 Å². The molecular formula is C23H20ClFN4O4. The number of halogens is 2. The molecule has 3 aromatic rings. The van der Waals surface area contributed by atoms with E-state index in [4.69, 9.17) is 21.1 Å². The van der Waals surface area contributed by atoms with Crippen LogP contribution in [0.25, 0.3) is 0 Å². The van der Waals surface area contributed by atoms with Gasteiger partial charge in [-0.15, -0.1) is 0 Å². The van der Waals surface area contributed by atoms with Crippen LogP contribution in [0.4, 0.5) is 9.18 Å². The van der Waals surface area contributed by atoms with E-state index in [2.05, 4.69) is 20.6 Å². The maximum atomic E-state index is 14.8. The number of ether oxygens (including phenoxy) is 2. The predicted molar refractivity (Wildman–Crippen MR) is 118 cm³/mol. The normalized spacial score (nSPS) is 14.6. The molecule has 0 bridgehead atoms. The van der Waals surface area contributed by atoms with Crippen LogP contribution in [0, 0.1) is 5.82 Å². The van der Waals surface area contributed by atoms with Crippen molar-refractivity contribution in [2.24, 2.45) is 0 Å². The molecule has 0 spiro atoms. The molecule has 0 saturated heterocycles. The molecule has 1 unspecified atom stereocenters. The highest BCUT2D eigenvalue weighted by Gasteiger charge is 2.52. The number of amides is 2. The minimum Gasteiger partial charge on any atom is -0.456 e. The molecule has 8 nitrogen and oxygen atoms in total. The molecule has 1 saturated carbocycles. The van der Waals surface area contributed by atoms with E-state index in [1.165, 1.54) is 30.9 Å². The van der Waals surface area contributed by atoms with Gasteiger partial charge in [-0.05, 0) is 38.0 Å². The smallest absolute Gasteiger partial charge is 0.413 e. The monoisotopic (exact) mass is 470 g/mol. The standard InChI is InChI=1S/C23H20ClFN4O4/c1-14(17-7-6-15(10-19(17)25)32-20-5-3-2-4-18(20)24)28-21(30)23(8-9-23)29-22(31)33-16-11-26-13-27-12-16/h2-7,10-14H,8-9H2,1H3,(H,28,30)(H,29,31). The molecule has 2 amide bonds. The molecule has 4 rings (SSSR count). The molecule has 1 aliphatic rings. The first-order valence-corrected chi connectivity index (χ1v) is 10.5. The summed E-state index contributed by atoms with van der Waals surface area (Å²) in [7, 11) is 0. The number of para-hydroxylation sites is 1. The number of benzene rings is 2. The second kappa shape index (κ2) is 9.41. The van der Waals surface area contributed by atoms with E-state index in [-0.39, 0.29) is 17.1 Å². The van der Waals surface area contributed by atoms with E-state index in [1.54, 1.807) is 37.3 Å². The summed E-state index contributed by atoms with van der Waals surface area (Å²) in [5, 5.41) is 5.73. The average molecular weight is 471 g/mol. The van der Waals surface area contributed by atoms with Crippen LogP contribution in [0.2, 0.25) is 5.02 Å². The summed E-state index contributed by atoms with van der Waals surface area (Å²) in [5.41, 5.74) is -0.820. The lowest BCUT2D eigenvalue weighted by Crippen LogP contribution is -2.50. The summed E-state index contributed by atoms with van der Waals surface area (Å²) in [6, 6.07) is 10.6. The van der Waals surface area contributed by atoms with Gasteiger partial charge in [0.15, 0.2) is 5.75 Å². The fourth-order valence-electron chi connectivity index (χ4n) is 3.19. The molecule has 0 radical (unpaired) electrons. The van der Waals surface area contributed by atoms with E-state index < -0.39 is 29.4 Å². The number of nitrogens with one attached hydrogen (secondary N) is 2. The molecule has 0 aliphatic heterocycles. The van der Waals surface area contributed by atoms with Crippen LogP contribution in [0.3, 0.4) is 0 Å². The van der Waals surface area contributed by atoms with Gasteiger partial charge in [-0.25, -0.2) is 19.2 Å². The van der Waals surface area contributed by atoms with E-state index in [0.29, 0.717) is 23.6 Å². The van der Waals surface area contributed by atoms with Crippen LogP contribution in [0.5, 0.6) is 17.2 Å². The number of carbonyl (C=O) groups is 2. The zero-order chi connectivity index (χ0) is 23.4. The van der Waals surface area contributed by atoms with Crippen molar-refractivity contribution in [3.63, 3.8) is 0 Å². The molecule has 2 aromatic carbocycles. The zero-order valence-corrected chi connectivity index (χ0v) is 18.3. The lowest BCUT2D eigenvalue weighted by atomic mass is 10.1. The number of rotatable bonds is 7. The van der Waals surface area contributed by atoms with E-state index >= 15 is 0 Å². The second-order valence-electron chi connectivity index (χ2n) is 7.58. The summed E-state index contributed by atoms with van der Waals surface area (Å²) < 4.78 is 25.5. The largest absolute Gasteiger partial charge is 0.456 e. The Bertz CT molecular complexity index is 1170. The highest BCUT2D eigenvalue weighted by atomic mass is 35.5. The molecule has 1 aromatic heterocycles. The Morgan fingerprint density at radius 1 is 1.12 bits per heavy atom. The average Bonchev–Trinajstić information content (AvgIpc) is 3.56. The van der Waals surface area contributed by atoms with Gasteiger partial charge in [0.05, 0.1) is 23.5 Å². The van der Waals surface area contributed by atoms with Crippen molar-refractivity contribution < 1.29 is 23.5 Å². The van der Waals surface area contributed by atoms with Crippen LogP contribution in [0.15, 0.2) is 61.2 Å². The van der Waals surface area contributed by atoms with Gasteiger partial charge < -0.3 is 20.1 Å². The Morgan fingerprint density at radius 3 is 2.52 bits per heavy atom. The topological polar surface area (TPSA) is 102 Å². The molecule has 10 heteroatoms. The van der Waals surface area contributed by atoms with Crippen LogP contribution in [-0.2, 0) is 4.79 Å². The summed E-state index contributed by atoms with van der Waals surface area (Å²) >= 11 is 6.07. The Labute approximate surface area is 194 Å². The van der Waals surface area contributed by atoms with Gasteiger partial charge in [0.25, 0.3) is 0 Å². The number of nitrogens with zero attached hydrogens (tertiary/aromatic N) is 2. The first-order chi connectivity index (χ1) is 15.9. The van der Waals surface area contributed by atoms with Gasteiger partial charge in [0, 0.05) is 11.6 Å². The van der Waals surface area contributed by atoms with Gasteiger partial charge in [-0.2, -0.15) is 0 Å². The second-order valence-corrected chi connectivity index (χ2v) is 7.99. The molecule has 1 heterocycles.